The highest BCUT2D eigenvalue weighted by molar-refractivity contribution is 7.89. The predicted octanol–water partition coefficient (Wildman–Crippen LogP) is 1.17. The van der Waals surface area contributed by atoms with E-state index in [9.17, 15) is 18.0 Å². The summed E-state index contributed by atoms with van der Waals surface area (Å²) in [6.45, 7) is 1.75. The first-order valence-electron chi connectivity index (χ1n) is 8.19. The smallest absolute Gasteiger partial charge is 0.324 e. The Labute approximate surface area is 148 Å². The molecule has 0 aliphatic carbocycles. The van der Waals surface area contributed by atoms with Crippen molar-refractivity contribution in [3.05, 3.63) is 29.8 Å². The van der Waals surface area contributed by atoms with Gasteiger partial charge in [0, 0.05) is 20.6 Å². The standard InChI is InChI=1S/C17H24N2O5S/c1-13-7-9-14(10-8-13)25(22,23)19-11-5-4-6-15(19)17(21)24-12-16(20)18(2)3/h7-10,15H,4-6,11-12H2,1-3H3/t15-/m0/s1. The number of hydrogen-bond donors (Lipinski definition) is 0. The summed E-state index contributed by atoms with van der Waals surface area (Å²) in [6.07, 6.45) is 1.81. The van der Waals surface area contributed by atoms with Gasteiger partial charge in [0.05, 0.1) is 4.90 Å². The predicted molar refractivity (Wildman–Crippen MR) is 92.4 cm³/mol. The van der Waals surface area contributed by atoms with Crippen molar-refractivity contribution >= 4 is 21.9 Å². The van der Waals surface area contributed by atoms with Crippen LogP contribution in [0.25, 0.3) is 0 Å². The Bertz CT molecular complexity index is 728. The van der Waals surface area contributed by atoms with Crippen LogP contribution in [-0.2, 0) is 24.3 Å². The van der Waals surface area contributed by atoms with Gasteiger partial charge in [0.15, 0.2) is 6.61 Å². The van der Waals surface area contributed by atoms with Gasteiger partial charge >= 0.3 is 5.97 Å². The fourth-order valence-corrected chi connectivity index (χ4v) is 4.28. The van der Waals surface area contributed by atoms with E-state index in [0.717, 1.165) is 12.0 Å². The lowest BCUT2D eigenvalue weighted by atomic mass is 10.1. The fraction of sp³-hybridized carbons (Fsp3) is 0.529. The Morgan fingerprint density at radius 1 is 1.20 bits per heavy atom. The number of piperidine rings is 1. The third-order valence-electron chi connectivity index (χ3n) is 4.19. The molecule has 1 fully saturated rings. The van der Waals surface area contributed by atoms with Crippen molar-refractivity contribution in [3.63, 3.8) is 0 Å². The number of esters is 1. The van der Waals surface area contributed by atoms with Crippen LogP contribution in [0, 0.1) is 6.92 Å². The van der Waals surface area contributed by atoms with Crippen molar-refractivity contribution in [1.29, 1.82) is 0 Å². The molecule has 0 spiro atoms. The van der Waals surface area contributed by atoms with E-state index in [1.54, 1.807) is 26.2 Å². The lowest BCUT2D eigenvalue weighted by Crippen LogP contribution is -2.49. The molecule has 1 heterocycles. The zero-order valence-corrected chi connectivity index (χ0v) is 15.6. The molecule has 25 heavy (non-hydrogen) atoms. The van der Waals surface area contributed by atoms with Gasteiger partial charge in [-0.1, -0.05) is 17.7 Å². The van der Waals surface area contributed by atoms with Gasteiger partial charge in [0.2, 0.25) is 10.0 Å². The molecule has 7 nitrogen and oxygen atoms in total. The summed E-state index contributed by atoms with van der Waals surface area (Å²) in [5.41, 5.74) is 0.954. The van der Waals surface area contributed by atoms with Crippen molar-refractivity contribution in [2.45, 2.75) is 37.1 Å². The summed E-state index contributed by atoms with van der Waals surface area (Å²) in [6, 6.07) is 5.63. The molecule has 0 saturated carbocycles. The number of carbonyl (C=O) groups is 2. The highest BCUT2D eigenvalue weighted by atomic mass is 32.2. The maximum absolute atomic E-state index is 12.9. The average Bonchev–Trinajstić information content (AvgIpc) is 2.59. The first-order valence-corrected chi connectivity index (χ1v) is 9.63. The van der Waals surface area contributed by atoms with Gasteiger partial charge in [0.1, 0.15) is 6.04 Å². The Kier molecular flexibility index (Phi) is 6.18. The molecule has 1 atom stereocenters. The first kappa shape index (κ1) is 19.4. The number of hydrogen-bond acceptors (Lipinski definition) is 5. The van der Waals surface area contributed by atoms with E-state index < -0.39 is 22.0 Å². The molecular formula is C17H24N2O5S. The molecule has 0 N–H and O–H groups in total. The van der Waals surface area contributed by atoms with Gasteiger partial charge in [-0.2, -0.15) is 4.31 Å². The van der Waals surface area contributed by atoms with E-state index in [1.807, 2.05) is 6.92 Å². The third-order valence-corrected chi connectivity index (χ3v) is 6.11. The fourth-order valence-electron chi connectivity index (χ4n) is 2.63. The number of ether oxygens (including phenoxy) is 1. The second-order valence-corrected chi connectivity index (χ2v) is 8.23. The van der Waals surface area contributed by atoms with E-state index in [4.69, 9.17) is 4.74 Å². The lowest BCUT2D eigenvalue weighted by Gasteiger charge is -2.33. The summed E-state index contributed by atoms with van der Waals surface area (Å²) in [5, 5.41) is 0. The van der Waals surface area contributed by atoms with E-state index in [2.05, 4.69) is 0 Å². The molecule has 138 valence electrons. The number of aryl methyl sites for hydroxylation is 1. The van der Waals surface area contributed by atoms with Crippen molar-refractivity contribution in [2.24, 2.45) is 0 Å². The largest absolute Gasteiger partial charge is 0.454 e. The van der Waals surface area contributed by atoms with Crippen LogP contribution in [0.1, 0.15) is 24.8 Å². The van der Waals surface area contributed by atoms with Crippen LogP contribution in [0.2, 0.25) is 0 Å². The number of amides is 1. The number of benzene rings is 1. The number of nitrogens with zero attached hydrogens (tertiary/aromatic N) is 2. The molecule has 8 heteroatoms. The van der Waals surface area contributed by atoms with E-state index in [-0.39, 0.29) is 24.0 Å². The zero-order valence-electron chi connectivity index (χ0n) is 14.8. The minimum atomic E-state index is -3.79. The molecular weight excluding hydrogens is 344 g/mol. The van der Waals surface area contributed by atoms with Gasteiger partial charge in [0.25, 0.3) is 5.91 Å². The Morgan fingerprint density at radius 3 is 2.44 bits per heavy atom. The molecule has 2 rings (SSSR count). The van der Waals surface area contributed by atoms with E-state index in [1.165, 1.54) is 21.3 Å². The molecule has 0 bridgehead atoms. The van der Waals surface area contributed by atoms with Crippen LogP contribution in [0.5, 0.6) is 0 Å². The van der Waals surface area contributed by atoms with E-state index >= 15 is 0 Å². The SMILES string of the molecule is Cc1ccc(S(=O)(=O)N2CCCC[C@H]2C(=O)OCC(=O)N(C)C)cc1. The van der Waals surface area contributed by atoms with Gasteiger partial charge in [-0.05, 0) is 38.3 Å². The third kappa shape index (κ3) is 4.58. The van der Waals surface area contributed by atoms with Gasteiger partial charge < -0.3 is 9.64 Å². The van der Waals surface area contributed by atoms with Crippen molar-refractivity contribution < 1.29 is 22.7 Å². The van der Waals surface area contributed by atoms with Gasteiger partial charge in [-0.15, -0.1) is 0 Å². The van der Waals surface area contributed by atoms with Gasteiger partial charge in [-0.3, -0.25) is 9.59 Å². The number of rotatable bonds is 5. The lowest BCUT2D eigenvalue weighted by molar-refractivity contribution is -0.155. The van der Waals surface area contributed by atoms with E-state index in [0.29, 0.717) is 12.8 Å². The summed E-state index contributed by atoms with van der Waals surface area (Å²) in [4.78, 5) is 25.4. The molecule has 1 saturated heterocycles. The molecule has 1 aliphatic heterocycles. The maximum atomic E-state index is 12.9. The second-order valence-electron chi connectivity index (χ2n) is 6.34. The monoisotopic (exact) mass is 368 g/mol. The van der Waals surface area contributed by atoms with Crippen LogP contribution in [0.3, 0.4) is 0 Å². The molecule has 0 radical (unpaired) electrons. The number of likely N-dealkylation sites (N-methyl/N-ethyl adjacent to an activating group) is 1. The summed E-state index contributed by atoms with van der Waals surface area (Å²) in [5.74, 6) is -1.03. The normalized spacial score (nSPS) is 18.6. The molecule has 1 aliphatic rings. The molecule has 0 unspecified atom stereocenters. The Balaban J connectivity index is 2.18. The minimum absolute atomic E-state index is 0.155. The van der Waals surface area contributed by atoms with Crippen LogP contribution in [0.15, 0.2) is 29.2 Å². The average molecular weight is 368 g/mol. The number of sulfonamides is 1. The van der Waals surface area contributed by atoms with Crippen LogP contribution >= 0.6 is 0 Å². The van der Waals surface area contributed by atoms with Crippen molar-refractivity contribution in [1.82, 2.24) is 9.21 Å². The highest BCUT2D eigenvalue weighted by Gasteiger charge is 2.38. The van der Waals surface area contributed by atoms with Crippen LogP contribution < -0.4 is 0 Å². The van der Waals surface area contributed by atoms with Gasteiger partial charge in [-0.25, -0.2) is 8.42 Å². The van der Waals surface area contributed by atoms with Crippen LogP contribution in [0.4, 0.5) is 0 Å². The highest BCUT2D eigenvalue weighted by Crippen LogP contribution is 2.26. The topological polar surface area (TPSA) is 84.0 Å². The molecule has 0 aromatic heterocycles. The Hall–Kier alpha value is -1.93. The Morgan fingerprint density at radius 2 is 1.84 bits per heavy atom. The first-order chi connectivity index (χ1) is 11.7. The van der Waals surface area contributed by atoms with Crippen LogP contribution in [-0.4, -0.2) is 62.8 Å². The van der Waals surface area contributed by atoms with Crippen molar-refractivity contribution in [3.8, 4) is 0 Å². The quantitative estimate of drug-likeness (QED) is 0.729. The summed E-state index contributed by atoms with van der Waals surface area (Å²) < 4.78 is 32.1. The zero-order chi connectivity index (χ0) is 18.6. The minimum Gasteiger partial charge on any atom is -0.454 e. The molecule has 1 aromatic carbocycles. The summed E-state index contributed by atoms with van der Waals surface area (Å²) in [7, 11) is -0.670. The van der Waals surface area contributed by atoms with Crippen molar-refractivity contribution in [2.75, 3.05) is 27.2 Å². The second kappa shape index (κ2) is 7.97. The molecule has 1 aromatic rings. The summed E-state index contributed by atoms with van der Waals surface area (Å²) >= 11 is 0. The molecule has 1 amide bonds. The maximum Gasteiger partial charge on any atom is 0.324 e. The number of carbonyl (C=O) groups excluding carboxylic acids is 2.